The number of benzene rings is 1. The number of hydrogen-bond acceptors (Lipinski definition) is 5. The second-order valence-electron chi connectivity index (χ2n) is 4.61. The molecule has 0 spiro atoms. The van der Waals surface area contributed by atoms with Crippen LogP contribution in [-0.4, -0.2) is 36.2 Å². The van der Waals surface area contributed by atoms with Crippen molar-refractivity contribution in [1.82, 2.24) is 0 Å². The van der Waals surface area contributed by atoms with Crippen molar-refractivity contribution < 1.29 is 13.3 Å². The first kappa shape index (κ1) is 17.3. The predicted molar refractivity (Wildman–Crippen MR) is 82.2 cm³/mol. The monoisotopic (exact) mass is 298 g/mol. The van der Waals surface area contributed by atoms with Crippen LogP contribution in [0.1, 0.15) is 17.5 Å². The Kier molecular flexibility index (Phi) is 7.97. The Labute approximate surface area is 122 Å². The van der Waals surface area contributed by atoms with Crippen molar-refractivity contribution in [3.63, 3.8) is 0 Å². The molecule has 20 heavy (non-hydrogen) atoms. The van der Waals surface area contributed by atoms with Gasteiger partial charge in [0.1, 0.15) is 0 Å². The van der Waals surface area contributed by atoms with E-state index in [4.69, 9.17) is 24.7 Å². The van der Waals surface area contributed by atoms with Gasteiger partial charge in [0.25, 0.3) is 0 Å². The average Bonchev–Trinajstić information content (AvgIpc) is 2.51. The van der Waals surface area contributed by atoms with E-state index >= 15 is 0 Å². The molecule has 0 fully saturated rings. The molecule has 0 unspecified atom stereocenters. The molecule has 0 atom stereocenters. The van der Waals surface area contributed by atoms with Gasteiger partial charge in [0.2, 0.25) is 0 Å². The molecule has 0 aromatic heterocycles. The normalized spacial score (nSPS) is 11.8. The quantitative estimate of drug-likeness (QED) is 0.636. The van der Waals surface area contributed by atoms with E-state index in [0.717, 1.165) is 24.4 Å². The molecule has 4 N–H and O–H groups in total. The van der Waals surface area contributed by atoms with Crippen molar-refractivity contribution in [2.75, 3.05) is 27.4 Å². The van der Waals surface area contributed by atoms with E-state index in [1.807, 2.05) is 12.1 Å². The third kappa shape index (κ3) is 5.32. The fourth-order valence-corrected chi connectivity index (χ4v) is 4.04. The predicted octanol–water partition coefficient (Wildman–Crippen LogP) is 1.28. The Morgan fingerprint density at radius 3 is 2.40 bits per heavy atom. The van der Waals surface area contributed by atoms with Gasteiger partial charge in [0.05, 0.1) is 0 Å². The van der Waals surface area contributed by atoms with Crippen LogP contribution < -0.4 is 11.5 Å². The lowest BCUT2D eigenvalue weighted by Gasteiger charge is -2.26. The minimum atomic E-state index is -2.54. The van der Waals surface area contributed by atoms with Gasteiger partial charge in [-0.1, -0.05) is 24.3 Å². The summed E-state index contributed by atoms with van der Waals surface area (Å²) >= 11 is 0. The maximum Gasteiger partial charge on any atom is 0.500 e. The van der Waals surface area contributed by atoms with Crippen molar-refractivity contribution in [2.45, 2.75) is 25.4 Å². The van der Waals surface area contributed by atoms with Crippen molar-refractivity contribution in [1.29, 1.82) is 0 Å². The lowest BCUT2D eigenvalue weighted by Crippen LogP contribution is -2.44. The lowest BCUT2D eigenvalue weighted by atomic mass is 10.1. The minimum Gasteiger partial charge on any atom is -0.377 e. The van der Waals surface area contributed by atoms with Crippen molar-refractivity contribution in [2.24, 2.45) is 11.5 Å². The summed E-state index contributed by atoms with van der Waals surface area (Å²) in [5, 5.41) is 0. The van der Waals surface area contributed by atoms with Crippen LogP contribution in [0.15, 0.2) is 24.3 Å². The summed E-state index contributed by atoms with van der Waals surface area (Å²) < 4.78 is 16.9. The van der Waals surface area contributed by atoms with Gasteiger partial charge in [-0.05, 0) is 30.5 Å². The van der Waals surface area contributed by atoms with E-state index in [-0.39, 0.29) is 0 Å². The fourth-order valence-electron chi connectivity index (χ4n) is 2.03. The summed E-state index contributed by atoms with van der Waals surface area (Å²) in [6.07, 6.45) is 1.66. The van der Waals surface area contributed by atoms with Gasteiger partial charge < -0.3 is 24.7 Å². The van der Waals surface area contributed by atoms with Gasteiger partial charge in [0, 0.05) is 33.4 Å². The van der Waals surface area contributed by atoms with E-state index in [2.05, 4.69) is 12.1 Å². The SMILES string of the molecule is CO[Si](CCCN)(OC)OCCc1cccc(CN)c1. The summed E-state index contributed by atoms with van der Waals surface area (Å²) in [4.78, 5) is 0. The summed E-state index contributed by atoms with van der Waals surface area (Å²) in [6.45, 7) is 1.75. The van der Waals surface area contributed by atoms with Crippen LogP contribution in [-0.2, 0) is 26.2 Å². The van der Waals surface area contributed by atoms with Crippen molar-refractivity contribution >= 4 is 8.80 Å². The maximum atomic E-state index is 5.92. The number of rotatable bonds is 10. The minimum absolute atomic E-state index is 0.556. The second kappa shape index (κ2) is 9.22. The third-order valence-electron chi connectivity index (χ3n) is 3.25. The molecule has 0 bridgehead atoms. The zero-order chi connectivity index (χ0) is 14.8. The van der Waals surface area contributed by atoms with Gasteiger partial charge in [-0.2, -0.15) is 0 Å². The van der Waals surface area contributed by atoms with Gasteiger partial charge in [-0.15, -0.1) is 0 Å². The third-order valence-corrected chi connectivity index (χ3v) is 6.10. The first-order chi connectivity index (χ1) is 9.69. The number of hydrogen-bond donors (Lipinski definition) is 2. The van der Waals surface area contributed by atoms with Crippen LogP contribution >= 0.6 is 0 Å². The Bertz CT molecular complexity index is 386. The molecule has 0 amide bonds. The smallest absolute Gasteiger partial charge is 0.377 e. The summed E-state index contributed by atoms with van der Waals surface area (Å²) in [6, 6.07) is 8.97. The van der Waals surface area contributed by atoms with E-state index < -0.39 is 8.80 Å². The second-order valence-corrected chi connectivity index (χ2v) is 7.58. The molecule has 0 aliphatic heterocycles. The number of nitrogens with two attached hydrogens (primary N) is 2. The molecular weight excluding hydrogens is 272 g/mol. The first-order valence-corrected chi connectivity index (χ1v) is 8.85. The Morgan fingerprint density at radius 1 is 1.10 bits per heavy atom. The Balaban J connectivity index is 2.50. The van der Waals surface area contributed by atoms with Gasteiger partial charge in [0.15, 0.2) is 0 Å². The topological polar surface area (TPSA) is 79.7 Å². The van der Waals surface area contributed by atoms with Gasteiger partial charge in [-0.3, -0.25) is 0 Å². The molecular formula is C14H26N2O3Si. The Morgan fingerprint density at radius 2 is 1.80 bits per heavy atom. The highest BCUT2D eigenvalue weighted by Crippen LogP contribution is 2.16. The molecule has 114 valence electrons. The highest BCUT2D eigenvalue weighted by Gasteiger charge is 2.37. The molecule has 1 rings (SSSR count). The largest absolute Gasteiger partial charge is 0.500 e. The maximum absolute atomic E-state index is 5.92. The zero-order valence-electron chi connectivity index (χ0n) is 12.4. The van der Waals surface area contributed by atoms with Crippen LogP contribution in [0.2, 0.25) is 6.04 Å². The highest BCUT2D eigenvalue weighted by atomic mass is 28.4. The molecule has 0 saturated heterocycles. The molecule has 5 nitrogen and oxygen atoms in total. The van der Waals surface area contributed by atoms with E-state index in [9.17, 15) is 0 Å². The molecule has 0 aliphatic carbocycles. The molecule has 0 heterocycles. The standard InChI is InChI=1S/C14H26N2O3Si/c1-17-20(18-2,10-4-8-15)19-9-7-13-5-3-6-14(11-13)12-16/h3,5-6,11H,4,7-10,12,15-16H2,1-2H3. The summed E-state index contributed by atoms with van der Waals surface area (Å²) in [5.41, 5.74) is 13.5. The van der Waals surface area contributed by atoms with Crippen LogP contribution in [0, 0.1) is 0 Å². The molecule has 1 aromatic rings. The molecule has 1 aromatic carbocycles. The van der Waals surface area contributed by atoms with E-state index in [0.29, 0.717) is 19.7 Å². The highest BCUT2D eigenvalue weighted by molar-refractivity contribution is 6.60. The van der Waals surface area contributed by atoms with Crippen molar-refractivity contribution in [3.8, 4) is 0 Å². The van der Waals surface area contributed by atoms with E-state index in [1.165, 1.54) is 5.56 Å². The summed E-state index contributed by atoms with van der Waals surface area (Å²) in [5.74, 6) is 0. The Hall–Kier alpha value is -0.763. The van der Waals surface area contributed by atoms with Crippen LogP contribution in [0.4, 0.5) is 0 Å². The molecule has 0 aliphatic rings. The van der Waals surface area contributed by atoms with E-state index in [1.54, 1.807) is 14.2 Å². The molecule has 6 heteroatoms. The lowest BCUT2D eigenvalue weighted by molar-refractivity contribution is 0.0990. The zero-order valence-corrected chi connectivity index (χ0v) is 13.4. The fraction of sp³-hybridized carbons (Fsp3) is 0.571. The first-order valence-electron chi connectivity index (χ1n) is 6.92. The van der Waals surface area contributed by atoms with Gasteiger partial charge in [-0.25, -0.2) is 0 Å². The average molecular weight is 298 g/mol. The van der Waals surface area contributed by atoms with Crippen LogP contribution in [0.25, 0.3) is 0 Å². The van der Waals surface area contributed by atoms with Crippen LogP contribution in [0.3, 0.4) is 0 Å². The van der Waals surface area contributed by atoms with Gasteiger partial charge >= 0.3 is 8.80 Å². The van der Waals surface area contributed by atoms with Crippen molar-refractivity contribution in [3.05, 3.63) is 35.4 Å². The molecule has 0 saturated carbocycles. The van der Waals surface area contributed by atoms with Crippen LogP contribution in [0.5, 0.6) is 0 Å². The molecule has 0 radical (unpaired) electrons. The summed E-state index contributed by atoms with van der Waals surface area (Å²) in [7, 11) is 0.735.